The second kappa shape index (κ2) is 14.7. The highest BCUT2D eigenvalue weighted by Crippen LogP contribution is 2.34. The van der Waals surface area contributed by atoms with Crippen LogP contribution in [-0.4, -0.2) is 25.3 Å². The smallest absolute Gasteiger partial charge is 0.224 e. The maximum Gasteiger partial charge on any atom is 0.224 e. The summed E-state index contributed by atoms with van der Waals surface area (Å²) < 4.78 is 5.55. The molecule has 1 heterocycles. The summed E-state index contributed by atoms with van der Waals surface area (Å²) in [6, 6.07) is 14.9. The van der Waals surface area contributed by atoms with Crippen molar-refractivity contribution < 1.29 is 9.53 Å². The third-order valence-electron chi connectivity index (χ3n) is 7.26. The number of hydrogen-bond acceptors (Lipinski definition) is 3. The predicted octanol–water partition coefficient (Wildman–Crippen LogP) is 7.94. The van der Waals surface area contributed by atoms with Crippen molar-refractivity contribution in [3.63, 3.8) is 0 Å². The molecular weight excluding hydrogens is 444 g/mol. The first-order valence-electron chi connectivity index (χ1n) is 13.7. The number of rotatable bonds is 11. The van der Waals surface area contributed by atoms with Gasteiger partial charge in [0, 0.05) is 43.2 Å². The van der Waals surface area contributed by atoms with Crippen LogP contribution in [-0.2, 0) is 16.0 Å². The van der Waals surface area contributed by atoms with Crippen LogP contribution < -0.4 is 5.32 Å². The maximum atomic E-state index is 12.8. The summed E-state index contributed by atoms with van der Waals surface area (Å²) in [5, 5.41) is 3.16. The molecule has 2 atom stereocenters. The van der Waals surface area contributed by atoms with E-state index in [2.05, 4.69) is 62.5 Å². The molecule has 4 heteroatoms. The highest BCUT2D eigenvalue weighted by molar-refractivity contribution is 5.90. The predicted molar refractivity (Wildman–Crippen MR) is 152 cm³/mol. The third-order valence-corrected chi connectivity index (χ3v) is 7.26. The van der Waals surface area contributed by atoms with Gasteiger partial charge in [-0.25, -0.2) is 0 Å². The average molecular weight is 489 g/mol. The molecule has 0 aromatic heterocycles. The zero-order valence-electron chi connectivity index (χ0n) is 22.7. The number of unbranched alkanes of at least 4 members (excludes halogenated alkanes) is 2. The Bertz CT molecular complexity index is 1030. The number of allylic oxidation sites excluding steroid dienone is 2. The lowest BCUT2D eigenvalue weighted by atomic mass is 9.85. The Labute approximate surface area is 218 Å². The highest BCUT2D eigenvalue weighted by Gasteiger charge is 2.21. The first-order chi connectivity index (χ1) is 17.5. The van der Waals surface area contributed by atoms with Gasteiger partial charge in [0.25, 0.3) is 0 Å². The molecule has 1 aliphatic rings. The summed E-state index contributed by atoms with van der Waals surface area (Å²) in [5.41, 5.74) is 7.16. The van der Waals surface area contributed by atoms with Crippen molar-refractivity contribution in [1.29, 1.82) is 0 Å². The number of aliphatic imine (C=N–C) groups is 1. The Morgan fingerprint density at radius 1 is 1.17 bits per heavy atom. The number of carbonyl (C=O) groups excluding carboxylic acids is 1. The average Bonchev–Trinajstić information content (AvgIpc) is 3.13. The molecular formula is C32H44N2O2. The first-order valence-corrected chi connectivity index (χ1v) is 13.7. The van der Waals surface area contributed by atoms with Crippen LogP contribution in [0.1, 0.15) is 87.0 Å². The number of carbonyl (C=O) groups is 1. The molecule has 3 rings (SSSR count). The van der Waals surface area contributed by atoms with Crippen LogP contribution in [0.4, 0.5) is 5.69 Å². The normalized spacial score (nSPS) is 17.7. The van der Waals surface area contributed by atoms with E-state index in [1.807, 2.05) is 25.3 Å². The lowest BCUT2D eigenvalue weighted by Crippen LogP contribution is -2.17. The molecule has 4 nitrogen and oxygen atoms in total. The van der Waals surface area contributed by atoms with Crippen molar-refractivity contribution in [2.75, 3.05) is 18.5 Å². The summed E-state index contributed by atoms with van der Waals surface area (Å²) >= 11 is 0. The Morgan fingerprint density at radius 2 is 2.00 bits per heavy atom. The second-order valence-electron chi connectivity index (χ2n) is 10.1. The van der Waals surface area contributed by atoms with Gasteiger partial charge in [-0.3, -0.25) is 9.79 Å². The number of aryl methyl sites for hydroxylation is 1. The molecule has 1 saturated heterocycles. The van der Waals surface area contributed by atoms with E-state index in [1.165, 1.54) is 28.7 Å². The molecule has 2 aromatic carbocycles. The number of hydrogen-bond donors (Lipinski definition) is 1. The van der Waals surface area contributed by atoms with Gasteiger partial charge in [0.05, 0.1) is 0 Å². The van der Waals surface area contributed by atoms with Gasteiger partial charge < -0.3 is 10.1 Å². The van der Waals surface area contributed by atoms with Gasteiger partial charge in [-0.15, -0.1) is 0 Å². The maximum absolute atomic E-state index is 12.8. The fraction of sp³-hybridized carbons (Fsp3) is 0.500. The molecule has 0 saturated carbocycles. The number of amides is 1. The Morgan fingerprint density at radius 3 is 2.81 bits per heavy atom. The second-order valence-corrected chi connectivity index (χ2v) is 10.1. The van der Waals surface area contributed by atoms with E-state index in [0.29, 0.717) is 12.3 Å². The zero-order valence-corrected chi connectivity index (χ0v) is 22.7. The first kappa shape index (κ1) is 27.9. The standard InChI is InChI=1S/C32H44N2O2/c1-5-7-8-17-31(33-6-2)30(29-16-9-12-24(3)25(29)4)22-27-13-10-15-28(21-27)34-32(35)23-26-14-11-19-36-20-18-26/h6,9-10,12-13,15-17,21,26,30H,5,7-8,11,14,18-20,22-23H2,1-4H3,(H,34,35)/b31-17-,33-6?. The summed E-state index contributed by atoms with van der Waals surface area (Å²) in [6.45, 7) is 10.2. The van der Waals surface area contributed by atoms with Crippen LogP contribution >= 0.6 is 0 Å². The molecule has 0 spiro atoms. The van der Waals surface area contributed by atoms with E-state index in [1.54, 1.807) is 0 Å². The van der Waals surface area contributed by atoms with Gasteiger partial charge in [0.1, 0.15) is 0 Å². The third kappa shape index (κ3) is 8.44. The zero-order chi connectivity index (χ0) is 25.8. The molecule has 36 heavy (non-hydrogen) atoms. The Kier molecular flexibility index (Phi) is 11.4. The van der Waals surface area contributed by atoms with Crippen LogP contribution in [0.3, 0.4) is 0 Å². The topological polar surface area (TPSA) is 50.7 Å². The minimum Gasteiger partial charge on any atom is -0.381 e. The van der Waals surface area contributed by atoms with Crippen molar-refractivity contribution in [2.24, 2.45) is 10.9 Å². The van der Waals surface area contributed by atoms with Gasteiger partial charge in [0.2, 0.25) is 5.91 Å². The molecule has 0 aliphatic carbocycles. The lowest BCUT2D eigenvalue weighted by molar-refractivity contribution is -0.117. The summed E-state index contributed by atoms with van der Waals surface area (Å²) in [5.74, 6) is 0.669. The van der Waals surface area contributed by atoms with E-state index in [-0.39, 0.29) is 11.8 Å². The SMILES string of the molecule is CC=N/C(=C\CCCC)C(Cc1cccc(NC(=O)CC2CCCOCC2)c1)c1cccc(C)c1C. The lowest BCUT2D eigenvalue weighted by Gasteiger charge is -2.22. The summed E-state index contributed by atoms with van der Waals surface area (Å²) in [7, 11) is 0. The van der Waals surface area contributed by atoms with E-state index in [9.17, 15) is 4.79 Å². The van der Waals surface area contributed by atoms with E-state index < -0.39 is 0 Å². The van der Waals surface area contributed by atoms with Gasteiger partial charge in [-0.2, -0.15) is 0 Å². The Hall–Kier alpha value is -2.72. The van der Waals surface area contributed by atoms with Gasteiger partial charge in [-0.05, 0) is 93.2 Å². The van der Waals surface area contributed by atoms with Crippen LogP contribution in [0.15, 0.2) is 59.2 Å². The van der Waals surface area contributed by atoms with Gasteiger partial charge in [-0.1, -0.05) is 56.2 Å². The van der Waals surface area contributed by atoms with Gasteiger partial charge >= 0.3 is 0 Å². The molecule has 2 unspecified atom stereocenters. The van der Waals surface area contributed by atoms with Crippen LogP contribution in [0.5, 0.6) is 0 Å². The van der Waals surface area contributed by atoms with Crippen LogP contribution in [0.25, 0.3) is 0 Å². The van der Waals surface area contributed by atoms with Gasteiger partial charge in [0.15, 0.2) is 0 Å². The van der Waals surface area contributed by atoms with Crippen molar-refractivity contribution in [3.8, 4) is 0 Å². The largest absolute Gasteiger partial charge is 0.381 e. The summed E-state index contributed by atoms with van der Waals surface area (Å²) in [4.78, 5) is 17.6. The number of nitrogens with zero attached hydrogens (tertiary/aromatic N) is 1. The molecule has 1 aliphatic heterocycles. The summed E-state index contributed by atoms with van der Waals surface area (Å²) in [6.07, 6.45) is 12.1. The number of ether oxygens (including phenoxy) is 1. The molecule has 0 bridgehead atoms. The number of nitrogens with one attached hydrogen (secondary N) is 1. The van der Waals surface area contributed by atoms with E-state index in [4.69, 9.17) is 9.73 Å². The molecule has 194 valence electrons. The molecule has 0 radical (unpaired) electrons. The number of benzene rings is 2. The van der Waals surface area contributed by atoms with Crippen molar-refractivity contribution >= 4 is 17.8 Å². The van der Waals surface area contributed by atoms with Crippen molar-refractivity contribution in [3.05, 3.63) is 76.5 Å². The fourth-order valence-corrected chi connectivity index (χ4v) is 5.07. The quantitative estimate of drug-likeness (QED) is 0.258. The molecule has 1 fully saturated rings. The minimum absolute atomic E-state index is 0.0980. The molecule has 1 N–H and O–H groups in total. The van der Waals surface area contributed by atoms with E-state index in [0.717, 1.165) is 63.1 Å². The molecule has 1 amide bonds. The van der Waals surface area contributed by atoms with Crippen LogP contribution in [0.2, 0.25) is 0 Å². The monoisotopic (exact) mass is 488 g/mol. The number of anilines is 1. The van der Waals surface area contributed by atoms with Crippen LogP contribution in [0, 0.1) is 19.8 Å². The highest BCUT2D eigenvalue weighted by atomic mass is 16.5. The van der Waals surface area contributed by atoms with Crippen molar-refractivity contribution in [1.82, 2.24) is 0 Å². The fourth-order valence-electron chi connectivity index (χ4n) is 5.07. The minimum atomic E-state index is 0.0980. The molecule has 2 aromatic rings. The Balaban J connectivity index is 1.82. The van der Waals surface area contributed by atoms with Crippen molar-refractivity contribution in [2.45, 2.75) is 85.0 Å². The van der Waals surface area contributed by atoms with E-state index >= 15 is 0 Å².